The SMILES string of the molecule is CC1N(CC2CC2)C2C[C@]34c5c2ccc(OC(=O)CCCCCCCCCCCCC(=O)Oc2ccc6c7c2O[C@H]2C(=O)CC[C@@]8(O)C9N(CC%10CC%10)C69C[C@]728)c5O[C@H]3C(=O)CC[C@@]14O. The molecule has 2 aromatic carbocycles. The molecule has 7 fully saturated rings. The van der Waals surface area contributed by atoms with E-state index in [-0.39, 0.29) is 47.2 Å². The van der Waals surface area contributed by atoms with Crippen LogP contribution in [0.3, 0.4) is 0 Å². The number of carbonyl (C=O) groups excluding carboxylic acids is 4. The first-order valence-corrected chi connectivity index (χ1v) is 25.6. The largest absolute Gasteiger partial charge is 0.477 e. The van der Waals surface area contributed by atoms with E-state index in [1.54, 1.807) is 0 Å². The Labute approximate surface area is 381 Å². The first-order valence-electron chi connectivity index (χ1n) is 25.6. The minimum Gasteiger partial charge on any atom is -0.477 e. The summed E-state index contributed by atoms with van der Waals surface area (Å²) in [6, 6.07) is 7.91. The van der Waals surface area contributed by atoms with Crippen molar-refractivity contribution in [1.29, 1.82) is 0 Å². The maximum atomic E-state index is 13.4. The molecule has 2 saturated heterocycles. The molecule has 4 heterocycles. The topological polar surface area (TPSA) is 152 Å². The average molecular weight is 889 g/mol. The lowest BCUT2D eigenvalue weighted by atomic mass is 9.55. The van der Waals surface area contributed by atoms with Crippen LogP contribution >= 0.6 is 0 Å². The lowest BCUT2D eigenvalue weighted by molar-refractivity contribution is -0.186. The molecule has 65 heavy (non-hydrogen) atoms. The van der Waals surface area contributed by atoms with Gasteiger partial charge in [-0.3, -0.25) is 29.0 Å². The smallest absolute Gasteiger partial charge is 0.311 e. The summed E-state index contributed by atoms with van der Waals surface area (Å²) in [6.45, 7) is 4.10. The van der Waals surface area contributed by atoms with E-state index in [4.69, 9.17) is 18.9 Å². The Hall–Kier alpha value is -3.84. The van der Waals surface area contributed by atoms with Crippen molar-refractivity contribution in [3.8, 4) is 23.0 Å². The minimum atomic E-state index is -1.08. The highest BCUT2D eigenvalue weighted by Gasteiger charge is 2.92. The fourth-order valence-corrected chi connectivity index (χ4v) is 15.7. The van der Waals surface area contributed by atoms with Crippen LogP contribution < -0.4 is 18.9 Å². The number of esters is 2. The summed E-state index contributed by atoms with van der Waals surface area (Å²) in [5, 5.41) is 24.9. The van der Waals surface area contributed by atoms with Gasteiger partial charge in [-0.05, 0) is 106 Å². The van der Waals surface area contributed by atoms with E-state index in [1.165, 1.54) is 31.2 Å². The number of ether oxygens (including phenoxy) is 4. The van der Waals surface area contributed by atoms with E-state index in [0.29, 0.717) is 86.2 Å². The summed E-state index contributed by atoms with van der Waals surface area (Å²) in [7, 11) is 0. The third-order valence-corrected chi connectivity index (χ3v) is 19.1. The summed E-state index contributed by atoms with van der Waals surface area (Å²) in [5.74, 6) is 2.64. The van der Waals surface area contributed by atoms with Crippen LogP contribution in [0.15, 0.2) is 24.3 Å². The van der Waals surface area contributed by atoms with Crippen LogP contribution in [0.25, 0.3) is 0 Å². The molecule has 5 unspecified atom stereocenters. The van der Waals surface area contributed by atoms with Crippen LogP contribution in [0.4, 0.5) is 0 Å². The fraction of sp³-hybridized carbons (Fsp3) is 0.698. The number of aliphatic hydroxyl groups is 2. The van der Waals surface area contributed by atoms with Gasteiger partial charge in [0.2, 0.25) is 0 Å². The van der Waals surface area contributed by atoms with E-state index in [0.717, 1.165) is 94.0 Å². The van der Waals surface area contributed by atoms with Crippen molar-refractivity contribution in [3.05, 3.63) is 46.5 Å². The summed E-state index contributed by atoms with van der Waals surface area (Å²) >= 11 is 0. The highest BCUT2D eigenvalue weighted by molar-refractivity contribution is 5.93. The van der Waals surface area contributed by atoms with E-state index in [2.05, 4.69) is 28.9 Å². The standard InChI is InChI=1S/C53H64N2O10/c1-30-52(60)24-22-36(56)46-49(52)26-35(54(30)27-31-14-15-31)33-18-20-38(44(64-46)42(33)49)62-40(58)12-10-8-6-4-2-3-5-7-9-11-13-41(59)63-39-21-19-34-43-45(39)65-47-37(57)23-25-53(61)48-51(34,29-50(43,47)53)55(48)28-32-16-17-32/h18-21,30-32,35,46-48,60-61H,2-17,22-29H2,1H3/t30?,35?,46-,47-,48?,49-,50-,51?,52+,53+,55?/m0/s1. The number of carbonyl (C=O) groups is 4. The molecule has 4 aliphatic heterocycles. The number of rotatable bonds is 19. The fourth-order valence-electron chi connectivity index (χ4n) is 15.7. The predicted octanol–water partition coefficient (Wildman–Crippen LogP) is 7.33. The number of ketones is 2. The molecule has 4 bridgehead atoms. The second kappa shape index (κ2) is 14.3. The Morgan fingerprint density at radius 3 is 1.85 bits per heavy atom. The Balaban J connectivity index is 0.540. The Morgan fingerprint density at radius 1 is 0.692 bits per heavy atom. The third-order valence-electron chi connectivity index (χ3n) is 19.1. The molecule has 0 amide bonds. The molecule has 2 N–H and O–H groups in total. The van der Waals surface area contributed by atoms with Crippen molar-refractivity contribution in [1.82, 2.24) is 9.80 Å². The molecule has 0 radical (unpaired) electrons. The maximum absolute atomic E-state index is 13.4. The first kappa shape index (κ1) is 41.4. The number of nitrogens with zero attached hydrogens (tertiary/aromatic N) is 2. The Kier molecular flexibility index (Phi) is 9.13. The number of hydrogen-bond donors (Lipinski definition) is 2. The van der Waals surface area contributed by atoms with Crippen LogP contribution in [0.1, 0.15) is 176 Å². The average Bonchev–Trinajstić information content (AvgIpc) is 4.24. The molecule has 2 aromatic rings. The summed E-state index contributed by atoms with van der Waals surface area (Å²) in [6.07, 6.45) is 17.0. The van der Waals surface area contributed by atoms with Gasteiger partial charge >= 0.3 is 11.9 Å². The van der Waals surface area contributed by atoms with Gasteiger partial charge < -0.3 is 29.2 Å². The second-order valence-corrected chi connectivity index (χ2v) is 22.5. The predicted molar refractivity (Wildman–Crippen MR) is 236 cm³/mol. The summed E-state index contributed by atoms with van der Waals surface area (Å²) in [5.41, 5.74) is 0.320. The van der Waals surface area contributed by atoms with Gasteiger partial charge in [0, 0.05) is 62.0 Å². The van der Waals surface area contributed by atoms with Crippen LogP contribution in [0, 0.1) is 11.8 Å². The van der Waals surface area contributed by atoms with Crippen molar-refractivity contribution in [2.75, 3.05) is 13.1 Å². The minimum absolute atomic E-state index is 0.0345. The third kappa shape index (κ3) is 5.51. The summed E-state index contributed by atoms with van der Waals surface area (Å²) in [4.78, 5) is 57.9. The molecule has 5 saturated carbocycles. The number of fused-ring (bicyclic) bond motifs is 3. The zero-order chi connectivity index (χ0) is 44.3. The maximum Gasteiger partial charge on any atom is 0.311 e. The van der Waals surface area contributed by atoms with Crippen molar-refractivity contribution >= 4 is 23.5 Å². The number of benzene rings is 2. The number of piperidine rings is 2. The van der Waals surface area contributed by atoms with Gasteiger partial charge in [-0.1, -0.05) is 63.5 Å². The molecular weight excluding hydrogens is 825 g/mol. The highest BCUT2D eigenvalue weighted by atomic mass is 16.6. The molecule has 12 heteroatoms. The molecule has 3 spiro atoms. The molecular formula is C53H64N2O10. The van der Waals surface area contributed by atoms with Gasteiger partial charge in [-0.2, -0.15) is 0 Å². The van der Waals surface area contributed by atoms with E-state index < -0.39 is 34.2 Å². The van der Waals surface area contributed by atoms with Crippen LogP contribution in [-0.2, 0) is 35.5 Å². The molecule has 13 rings (SSSR count). The number of hydrogen-bond acceptors (Lipinski definition) is 12. The zero-order valence-electron chi connectivity index (χ0n) is 37.9. The van der Waals surface area contributed by atoms with Gasteiger partial charge in [0.1, 0.15) is 0 Å². The molecule has 11 aliphatic rings. The Bertz CT molecular complexity index is 2410. The molecule has 346 valence electrons. The lowest BCUT2D eigenvalue weighted by Crippen LogP contribution is -2.72. The molecule has 12 nitrogen and oxygen atoms in total. The van der Waals surface area contributed by atoms with Crippen molar-refractivity contribution in [2.45, 2.75) is 206 Å². The van der Waals surface area contributed by atoms with Crippen molar-refractivity contribution in [3.63, 3.8) is 0 Å². The molecule has 11 atom stereocenters. The van der Waals surface area contributed by atoms with Crippen molar-refractivity contribution in [2.24, 2.45) is 11.8 Å². The van der Waals surface area contributed by atoms with E-state index in [9.17, 15) is 29.4 Å². The van der Waals surface area contributed by atoms with E-state index >= 15 is 0 Å². The van der Waals surface area contributed by atoms with Gasteiger partial charge in [0.05, 0.1) is 33.6 Å². The van der Waals surface area contributed by atoms with Crippen LogP contribution in [-0.4, -0.2) is 92.1 Å². The normalized spacial score (nSPS) is 38.9. The number of likely N-dealkylation sites (tertiary alicyclic amines) is 2. The number of Topliss-reactive ketones (excluding diaryl/α,β-unsaturated/α-hetero) is 2. The zero-order valence-corrected chi connectivity index (χ0v) is 37.9. The first-order chi connectivity index (χ1) is 31.5. The second-order valence-electron chi connectivity index (χ2n) is 22.5. The van der Waals surface area contributed by atoms with Gasteiger partial charge in [-0.25, -0.2) is 0 Å². The van der Waals surface area contributed by atoms with Gasteiger partial charge in [-0.15, -0.1) is 0 Å². The lowest BCUT2D eigenvalue weighted by Gasteiger charge is -2.58. The Morgan fingerprint density at radius 2 is 1.23 bits per heavy atom. The quantitative estimate of drug-likeness (QED) is 0.0629. The van der Waals surface area contributed by atoms with Crippen LogP contribution in [0.5, 0.6) is 23.0 Å². The number of unbranched alkanes of at least 4 members (excludes halogenated alkanes) is 9. The monoisotopic (exact) mass is 888 g/mol. The molecule has 0 aromatic heterocycles. The van der Waals surface area contributed by atoms with Crippen LogP contribution in [0.2, 0.25) is 0 Å². The summed E-state index contributed by atoms with van der Waals surface area (Å²) < 4.78 is 24.8. The van der Waals surface area contributed by atoms with Gasteiger partial charge in [0.25, 0.3) is 0 Å². The van der Waals surface area contributed by atoms with E-state index in [1.807, 2.05) is 12.1 Å². The highest BCUT2D eigenvalue weighted by Crippen LogP contribution is 2.82. The van der Waals surface area contributed by atoms with Gasteiger partial charge in [0.15, 0.2) is 46.8 Å². The van der Waals surface area contributed by atoms with Crippen molar-refractivity contribution < 1.29 is 48.3 Å². The molecule has 7 aliphatic carbocycles.